The smallest absolute Gasteiger partial charge is 0.339 e. The molecule has 0 bridgehead atoms. The number of carbonyl (C=O) groups is 1. The summed E-state index contributed by atoms with van der Waals surface area (Å²) in [5, 5.41) is 0. The predicted molar refractivity (Wildman–Crippen MR) is 102 cm³/mol. The van der Waals surface area contributed by atoms with Gasteiger partial charge in [-0.25, -0.2) is 13.2 Å². The average molecular weight is 426 g/mol. The van der Waals surface area contributed by atoms with E-state index in [9.17, 15) is 13.2 Å². The topological polar surface area (TPSA) is 72.5 Å². The number of benzene rings is 2. The summed E-state index contributed by atoms with van der Waals surface area (Å²) >= 11 is 3.25. The van der Waals surface area contributed by atoms with E-state index in [-0.39, 0.29) is 16.4 Å². The number of nitrogens with one attached hydrogen (secondary N) is 1. The molecule has 0 aromatic heterocycles. The molecule has 1 N–H and O–H groups in total. The summed E-state index contributed by atoms with van der Waals surface area (Å²) in [4.78, 5) is 11.9. The van der Waals surface area contributed by atoms with Gasteiger partial charge < -0.3 is 4.74 Å². The number of para-hydroxylation sites is 1. The molecule has 0 heterocycles. The third kappa shape index (κ3) is 4.22. The number of methoxy groups -OCH3 is 1. The molecular weight excluding hydrogens is 406 g/mol. The monoisotopic (exact) mass is 425 g/mol. The van der Waals surface area contributed by atoms with Crippen LogP contribution in [-0.4, -0.2) is 21.5 Å². The molecule has 5 nitrogen and oxygen atoms in total. The minimum absolute atomic E-state index is 0.0240. The fourth-order valence-corrected chi connectivity index (χ4v) is 4.20. The minimum Gasteiger partial charge on any atom is -0.465 e. The third-order valence-corrected chi connectivity index (χ3v) is 5.70. The van der Waals surface area contributed by atoms with Crippen molar-refractivity contribution in [2.45, 2.75) is 31.6 Å². The van der Waals surface area contributed by atoms with Crippen LogP contribution in [0.2, 0.25) is 0 Å². The highest BCUT2D eigenvalue weighted by Crippen LogP contribution is 2.31. The first-order chi connectivity index (χ1) is 11.7. The Morgan fingerprint density at radius 1 is 1.20 bits per heavy atom. The van der Waals surface area contributed by atoms with Gasteiger partial charge in [0, 0.05) is 4.47 Å². The lowest BCUT2D eigenvalue weighted by Crippen LogP contribution is -2.19. The summed E-state index contributed by atoms with van der Waals surface area (Å²) in [5.41, 5.74) is 2.21. The molecule has 7 heteroatoms. The van der Waals surface area contributed by atoms with Crippen LogP contribution >= 0.6 is 15.9 Å². The van der Waals surface area contributed by atoms with Gasteiger partial charge in [0.15, 0.2) is 0 Å². The number of sulfonamides is 1. The van der Waals surface area contributed by atoms with Crippen LogP contribution in [-0.2, 0) is 14.8 Å². The first-order valence-corrected chi connectivity index (χ1v) is 9.95. The van der Waals surface area contributed by atoms with E-state index in [0.29, 0.717) is 10.2 Å². The molecule has 2 aromatic carbocycles. The highest BCUT2D eigenvalue weighted by Gasteiger charge is 2.25. The van der Waals surface area contributed by atoms with Crippen LogP contribution in [0.25, 0.3) is 0 Å². The van der Waals surface area contributed by atoms with E-state index in [1.165, 1.54) is 19.2 Å². The van der Waals surface area contributed by atoms with Gasteiger partial charge in [-0.05, 0) is 42.2 Å². The van der Waals surface area contributed by atoms with E-state index in [2.05, 4.69) is 20.7 Å². The number of esters is 1. The molecule has 0 aliphatic heterocycles. The second-order valence-electron chi connectivity index (χ2n) is 5.93. The van der Waals surface area contributed by atoms with Crippen molar-refractivity contribution >= 4 is 37.6 Å². The number of anilines is 1. The minimum atomic E-state index is -3.97. The van der Waals surface area contributed by atoms with Gasteiger partial charge in [0.1, 0.15) is 4.90 Å². The number of ether oxygens (including phenoxy) is 1. The van der Waals surface area contributed by atoms with Crippen molar-refractivity contribution in [3.8, 4) is 0 Å². The summed E-state index contributed by atoms with van der Waals surface area (Å²) < 4.78 is 33.8. The first-order valence-electron chi connectivity index (χ1n) is 7.67. The molecule has 2 aromatic rings. The fourth-order valence-electron chi connectivity index (χ4n) is 2.51. The van der Waals surface area contributed by atoms with E-state index < -0.39 is 16.0 Å². The van der Waals surface area contributed by atoms with Crippen molar-refractivity contribution in [1.82, 2.24) is 0 Å². The van der Waals surface area contributed by atoms with Crippen LogP contribution < -0.4 is 4.72 Å². The van der Waals surface area contributed by atoms with E-state index in [0.717, 1.165) is 11.1 Å². The summed E-state index contributed by atoms with van der Waals surface area (Å²) in [6.07, 6.45) is 0. The van der Waals surface area contributed by atoms with Gasteiger partial charge in [-0.15, -0.1) is 0 Å². The molecule has 25 heavy (non-hydrogen) atoms. The van der Waals surface area contributed by atoms with Gasteiger partial charge in [0.2, 0.25) is 0 Å². The number of hydrogen-bond donors (Lipinski definition) is 1. The molecule has 2 rings (SSSR count). The number of carbonyl (C=O) groups excluding carboxylic acids is 1. The Morgan fingerprint density at radius 3 is 2.48 bits per heavy atom. The zero-order valence-corrected chi connectivity index (χ0v) is 16.9. The third-order valence-electron chi connectivity index (χ3n) is 3.80. The number of aryl methyl sites for hydroxylation is 1. The number of hydrogen-bond acceptors (Lipinski definition) is 4. The Hall–Kier alpha value is -1.86. The highest BCUT2D eigenvalue weighted by molar-refractivity contribution is 9.10. The second-order valence-corrected chi connectivity index (χ2v) is 8.50. The summed E-state index contributed by atoms with van der Waals surface area (Å²) in [6, 6.07) is 10.0. The van der Waals surface area contributed by atoms with Crippen molar-refractivity contribution in [3.63, 3.8) is 0 Å². The highest BCUT2D eigenvalue weighted by atomic mass is 79.9. The summed E-state index contributed by atoms with van der Waals surface area (Å²) in [5.74, 6) is -0.571. The maximum atomic E-state index is 12.9. The summed E-state index contributed by atoms with van der Waals surface area (Å²) in [7, 11) is -2.75. The lowest BCUT2D eigenvalue weighted by atomic mass is 9.99. The van der Waals surface area contributed by atoms with Gasteiger partial charge in [0.25, 0.3) is 10.0 Å². The molecule has 0 saturated heterocycles. The van der Waals surface area contributed by atoms with Gasteiger partial charge in [-0.1, -0.05) is 48.0 Å². The quantitative estimate of drug-likeness (QED) is 0.717. The van der Waals surface area contributed by atoms with Crippen molar-refractivity contribution in [2.24, 2.45) is 0 Å². The Balaban J connectivity index is 2.58. The largest absolute Gasteiger partial charge is 0.465 e. The number of halogens is 1. The summed E-state index contributed by atoms with van der Waals surface area (Å²) in [6.45, 7) is 5.82. The molecule has 0 radical (unpaired) electrons. The molecule has 0 spiro atoms. The average Bonchev–Trinajstić information content (AvgIpc) is 2.55. The predicted octanol–water partition coefficient (Wildman–Crippen LogP) is 4.47. The van der Waals surface area contributed by atoms with Crippen molar-refractivity contribution in [1.29, 1.82) is 0 Å². The van der Waals surface area contributed by atoms with E-state index in [1.54, 1.807) is 6.07 Å². The number of rotatable bonds is 5. The molecule has 0 fully saturated rings. The lowest BCUT2D eigenvalue weighted by molar-refractivity contribution is 0.0596. The van der Waals surface area contributed by atoms with Gasteiger partial charge >= 0.3 is 5.97 Å². The maximum Gasteiger partial charge on any atom is 0.339 e. The zero-order valence-electron chi connectivity index (χ0n) is 14.5. The Labute approximate surface area is 156 Å². The van der Waals surface area contributed by atoms with Crippen LogP contribution in [0, 0.1) is 6.92 Å². The van der Waals surface area contributed by atoms with Crippen LogP contribution in [0.3, 0.4) is 0 Å². The Morgan fingerprint density at radius 2 is 1.88 bits per heavy atom. The normalized spacial score (nSPS) is 11.4. The van der Waals surface area contributed by atoms with Crippen molar-refractivity contribution in [3.05, 3.63) is 57.6 Å². The van der Waals surface area contributed by atoms with Crippen LogP contribution in [0.15, 0.2) is 45.8 Å². The SMILES string of the molecule is COC(=O)c1cc(Br)ccc1S(=O)(=O)Nc1c(C)cccc1C(C)C. The molecule has 0 saturated carbocycles. The Kier molecular flexibility index (Phi) is 5.90. The van der Waals surface area contributed by atoms with Crippen LogP contribution in [0.5, 0.6) is 0 Å². The van der Waals surface area contributed by atoms with Gasteiger partial charge in [-0.2, -0.15) is 0 Å². The van der Waals surface area contributed by atoms with Crippen molar-refractivity contribution < 1.29 is 17.9 Å². The molecule has 0 amide bonds. The van der Waals surface area contributed by atoms with Crippen molar-refractivity contribution in [2.75, 3.05) is 11.8 Å². The fraction of sp³-hybridized carbons (Fsp3) is 0.278. The Bertz CT molecular complexity index is 907. The van der Waals surface area contributed by atoms with Crippen LogP contribution in [0.4, 0.5) is 5.69 Å². The molecule has 0 unspecified atom stereocenters. The second kappa shape index (κ2) is 7.58. The first kappa shape index (κ1) is 19.5. The lowest BCUT2D eigenvalue weighted by Gasteiger charge is -2.18. The maximum absolute atomic E-state index is 12.9. The van der Waals surface area contributed by atoms with E-state index >= 15 is 0 Å². The standard InChI is InChI=1S/C18H20BrNO4S/c1-11(2)14-7-5-6-12(3)17(14)20-25(22,23)16-9-8-13(19)10-15(16)18(21)24-4/h5-11,20H,1-4H3. The molecule has 134 valence electrons. The molecular formula is C18H20BrNO4S. The molecule has 0 atom stereocenters. The van der Waals surface area contributed by atoms with E-state index in [4.69, 9.17) is 4.74 Å². The van der Waals surface area contributed by atoms with Gasteiger partial charge in [0.05, 0.1) is 18.4 Å². The zero-order chi connectivity index (χ0) is 18.8. The van der Waals surface area contributed by atoms with Crippen LogP contribution in [0.1, 0.15) is 41.3 Å². The van der Waals surface area contributed by atoms with Gasteiger partial charge in [-0.3, -0.25) is 4.72 Å². The van der Waals surface area contributed by atoms with E-state index in [1.807, 2.05) is 39.0 Å². The molecule has 0 aliphatic carbocycles. The molecule has 0 aliphatic rings.